The normalized spacial score (nSPS) is 18.4. The van der Waals surface area contributed by atoms with E-state index in [0.717, 1.165) is 57.0 Å². The van der Waals surface area contributed by atoms with Crippen LogP contribution in [0.25, 0.3) is 0 Å². The maximum Gasteiger partial charge on any atom is 0.407 e. The Balaban J connectivity index is 1.02. The van der Waals surface area contributed by atoms with Crippen LogP contribution in [0.1, 0.15) is 54.6 Å². The van der Waals surface area contributed by atoms with E-state index >= 15 is 0 Å². The topological polar surface area (TPSA) is 69.2 Å². The lowest BCUT2D eigenvalue weighted by Gasteiger charge is -2.36. The van der Waals surface area contributed by atoms with Crippen molar-refractivity contribution in [3.63, 3.8) is 0 Å². The van der Waals surface area contributed by atoms with E-state index in [0.29, 0.717) is 12.6 Å². The third-order valence-electron chi connectivity index (χ3n) is 8.18. The molecule has 0 spiro atoms. The fourth-order valence-corrected chi connectivity index (χ4v) is 5.95. The fraction of sp³-hybridized carbons (Fsp3) is 0.412. The van der Waals surface area contributed by atoms with Crippen LogP contribution in [0, 0.1) is 6.92 Å². The van der Waals surface area contributed by atoms with Gasteiger partial charge in [0.05, 0.1) is 17.4 Å². The first-order chi connectivity index (χ1) is 19.7. The van der Waals surface area contributed by atoms with Crippen molar-refractivity contribution in [2.24, 2.45) is 4.99 Å². The van der Waals surface area contributed by atoms with Gasteiger partial charge in [0, 0.05) is 57.1 Å². The van der Waals surface area contributed by atoms with Crippen LogP contribution in [0.15, 0.2) is 65.7 Å². The van der Waals surface area contributed by atoms with Crippen molar-refractivity contribution in [2.45, 2.75) is 52.2 Å². The summed E-state index contributed by atoms with van der Waals surface area (Å²) in [4.78, 5) is 21.8. The second kappa shape index (κ2) is 11.2. The molecule has 0 aliphatic carbocycles. The van der Waals surface area contributed by atoms with Gasteiger partial charge in [-0.3, -0.25) is 9.89 Å². The van der Waals surface area contributed by atoms with Crippen LogP contribution in [-0.2, 0) is 17.6 Å². The molecule has 3 aliphatic heterocycles. The van der Waals surface area contributed by atoms with Crippen molar-refractivity contribution in [3.8, 4) is 0 Å². The maximum absolute atomic E-state index is 11.9. The predicted molar refractivity (Wildman–Crippen MR) is 167 cm³/mol. The van der Waals surface area contributed by atoms with Gasteiger partial charge in [-0.25, -0.2) is 4.79 Å². The van der Waals surface area contributed by atoms with Crippen LogP contribution in [-0.4, -0.2) is 61.6 Å². The summed E-state index contributed by atoms with van der Waals surface area (Å²) in [6.07, 6.45) is 1.52. The number of ether oxygens (including phenoxy) is 1. The average Bonchev–Trinajstić information content (AvgIpc) is 3.56. The van der Waals surface area contributed by atoms with E-state index in [9.17, 15) is 4.79 Å². The summed E-state index contributed by atoms with van der Waals surface area (Å²) in [5, 5.41) is 6.57. The number of hydrogen-bond acceptors (Lipinski definition) is 6. The number of alkyl carbamates (subject to hydrolysis) is 1. The highest BCUT2D eigenvalue weighted by Gasteiger charge is 2.25. The summed E-state index contributed by atoms with van der Waals surface area (Å²) in [6, 6.07) is 22.7. The highest BCUT2D eigenvalue weighted by molar-refractivity contribution is 6.07. The molecule has 214 valence electrons. The molecule has 0 radical (unpaired) electrons. The summed E-state index contributed by atoms with van der Waals surface area (Å²) in [6.45, 7) is 13.1. The zero-order valence-electron chi connectivity index (χ0n) is 24.7. The fourth-order valence-electron chi connectivity index (χ4n) is 5.95. The molecule has 7 nitrogen and oxygen atoms in total. The molecule has 0 aromatic heterocycles. The molecule has 7 heteroatoms. The van der Waals surface area contributed by atoms with Crippen LogP contribution in [0.2, 0.25) is 0 Å². The zero-order valence-corrected chi connectivity index (χ0v) is 24.7. The highest BCUT2D eigenvalue weighted by Crippen LogP contribution is 2.37. The monoisotopic (exact) mass is 551 g/mol. The second-order valence-electron chi connectivity index (χ2n) is 12.5. The Hall–Kier alpha value is -3.84. The minimum absolute atomic E-state index is 0.327. The number of benzene rings is 3. The van der Waals surface area contributed by atoms with Crippen LogP contribution in [0.3, 0.4) is 0 Å². The third kappa shape index (κ3) is 6.41. The SMILES string of the molecule is Cc1ccc(C2Cc3cc(C4=Nc5ccc(N6CCN(CCNC(=O)OC(C)(C)C)CC6)cc5C4)ccc3N2)cc1. The van der Waals surface area contributed by atoms with E-state index in [1.54, 1.807) is 0 Å². The van der Waals surface area contributed by atoms with Gasteiger partial charge >= 0.3 is 6.09 Å². The lowest BCUT2D eigenvalue weighted by Crippen LogP contribution is -2.48. The second-order valence-corrected chi connectivity index (χ2v) is 12.5. The van der Waals surface area contributed by atoms with E-state index in [4.69, 9.17) is 9.73 Å². The molecule has 3 aliphatic rings. The lowest BCUT2D eigenvalue weighted by atomic mass is 9.98. The van der Waals surface area contributed by atoms with E-state index in [1.807, 2.05) is 20.8 Å². The molecule has 0 bridgehead atoms. The van der Waals surface area contributed by atoms with E-state index in [2.05, 4.69) is 88.0 Å². The van der Waals surface area contributed by atoms with Crippen molar-refractivity contribution >= 4 is 28.9 Å². The van der Waals surface area contributed by atoms with Gasteiger partial charge < -0.3 is 20.3 Å². The number of amides is 1. The summed E-state index contributed by atoms with van der Waals surface area (Å²) in [5.74, 6) is 0. The Bertz CT molecular complexity index is 1450. The van der Waals surface area contributed by atoms with Crippen LogP contribution in [0.4, 0.5) is 21.9 Å². The van der Waals surface area contributed by atoms with Crippen LogP contribution in [0.5, 0.6) is 0 Å². The molecule has 0 saturated carbocycles. The highest BCUT2D eigenvalue weighted by atomic mass is 16.6. The van der Waals surface area contributed by atoms with Gasteiger partial charge in [-0.2, -0.15) is 0 Å². The van der Waals surface area contributed by atoms with Crippen molar-refractivity contribution in [1.82, 2.24) is 10.2 Å². The molecule has 1 amide bonds. The molecule has 1 atom stereocenters. The van der Waals surface area contributed by atoms with Crippen molar-refractivity contribution < 1.29 is 9.53 Å². The van der Waals surface area contributed by atoms with E-state index in [1.165, 1.54) is 39.2 Å². The summed E-state index contributed by atoms with van der Waals surface area (Å²) >= 11 is 0. The molecule has 1 unspecified atom stereocenters. The van der Waals surface area contributed by atoms with Gasteiger partial charge in [0.15, 0.2) is 0 Å². The summed E-state index contributed by atoms with van der Waals surface area (Å²) in [7, 11) is 0. The first kappa shape index (κ1) is 27.3. The Morgan fingerprint density at radius 1 is 1.00 bits per heavy atom. The molecule has 3 aromatic rings. The maximum atomic E-state index is 11.9. The predicted octanol–water partition coefficient (Wildman–Crippen LogP) is 6.03. The first-order valence-corrected chi connectivity index (χ1v) is 14.8. The Kier molecular flexibility index (Phi) is 7.47. The van der Waals surface area contributed by atoms with Gasteiger partial charge in [0.2, 0.25) is 0 Å². The molecule has 3 heterocycles. The smallest absolute Gasteiger partial charge is 0.407 e. The lowest BCUT2D eigenvalue weighted by molar-refractivity contribution is 0.0521. The number of fused-ring (bicyclic) bond motifs is 2. The van der Waals surface area contributed by atoms with E-state index < -0.39 is 5.60 Å². The minimum atomic E-state index is -0.471. The average molecular weight is 552 g/mol. The number of aryl methyl sites for hydroxylation is 1. The number of anilines is 2. The summed E-state index contributed by atoms with van der Waals surface area (Å²) < 4.78 is 5.33. The molecule has 1 fully saturated rings. The number of hydrogen-bond donors (Lipinski definition) is 2. The van der Waals surface area contributed by atoms with Gasteiger partial charge in [-0.15, -0.1) is 0 Å². The number of aliphatic imine (C=N–C) groups is 1. The van der Waals surface area contributed by atoms with Crippen LogP contribution >= 0.6 is 0 Å². The van der Waals surface area contributed by atoms with Gasteiger partial charge in [-0.1, -0.05) is 35.9 Å². The van der Waals surface area contributed by atoms with Gasteiger partial charge in [0.1, 0.15) is 5.60 Å². The quantitative estimate of drug-likeness (QED) is 0.392. The largest absolute Gasteiger partial charge is 0.444 e. The molecule has 6 rings (SSSR count). The Labute approximate surface area is 243 Å². The summed E-state index contributed by atoms with van der Waals surface area (Å²) in [5.41, 5.74) is 10.8. The van der Waals surface area contributed by atoms with Gasteiger partial charge in [0.25, 0.3) is 0 Å². The molecular formula is C34H41N5O2. The standard InChI is InChI=1S/C34H41N5O2/c1-23-5-7-24(8-6-23)31-21-26-19-25(9-11-29(26)36-31)32-22-27-20-28(10-12-30(27)37-32)39-17-15-38(16-18-39)14-13-35-33(40)41-34(2,3)4/h5-12,19-20,31,36H,13-18,21-22H2,1-4H3,(H,35,40). The Morgan fingerprint density at radius 2 is 1.78 bits per heavy atom. The van der Waals surface area contributed by atoms with Crippen molar-refractivity contribution in [3.05, 3.63) is 88.5 Å². The van der Waals surface area contributed by atoms with Gasteiger partial charge in [-0.05, 0) is 86.7 Å². The number of carbonyl (C=O) groups is 1. The minimum Gasteiger partial charge on any atom is -0.444 e. The number of rotatable bonds is 6. The van der Waals surface area contributed by atoms with E-state index in [-0.39, 0.29) is 6.09 Å². The number of piperazine rings is 1. The number of nitrogens with zero attached hydrogens (tertiary/aromatic N) is 3. The molecular weight excluding hydrogens is 510 g/mol. The molecule has 1 saturated heterocycles. The van der Waals surface area contributed by atoms with Crippen molar-refractivity contribution in [1.29, 1.82) is 0 Å². The first-order valence-electron chi connectivity index (χ1n) is 14.8. The number of nitrogens with one attached hydrogen (secondary N) is 2. The Morgan fingerprint density at radius 3 is 2.54 bits per heavy atom. The molecule has 3 aromatic carbocycles. The molecule has 2 N–H and O–H groups in total. The number of carbonyl (C=O) groups excluding carboxylic acids is 1. The van der Waals surface area contributed by atoms with Crippen molar-refractivity contribution in [2.75, 3.05) is 49.5 Å². The third-order valence-corrected chi connectivity index (χ3v) is 8.18. The zero-order chi connectivity index (χ0) is 28.6. The molecule has 41 heavy (non-hydrogen) atoms. The van der Waals surface area contributed by atoms with Crippen LogP contribution < -0.4 is 15.5 Å².